The minimum atomic E-state index is -0.133. The number of imidazole rings is 1. The summed E-state index contributed by atoms with van der Waals surface area (Å²) in [6.07, 6.45) is 0.629. The molecular weight excluding hydrogens is 376 g/mol. The minimum absolute atomic E-state index is 0.122. The molecule has 1 heterocycles. The molecule has 2 amide bonds. The van der Waals surface area contributed by atoms with Crippen LogP contribution in [0.15, 0.2) is 78.9 Å². The lowest BCUT2D eigenvalue weighted by Gasteiger charge is -2.07. The molecule has 0 fully saturated rings. The first-order valence-electron chi connectivity index (χ1n) is 9.83. The molecule has 3 N–H and O–H groups in total. The number of hydrogen-bond donors (Lipinski definition) is 3. The Hall–Kier alpha value is -3.93. The number of hydrogen-bond acceptors (Lipinski definition) is 3. The van der Waals surface area contributed by atoms with Crippen molar-refractivity contribution in [2.45, 2.75) is 13.0 Å². The molecule has 6 nitrogen and oxygen atoms in total. The van der Waals surface area contributed by atoms with Crippen molar-refractivity contribution in [3.8, 4) is 0 Å². The zero-order valence-electron chi connectivity index (χ0n) is 16.4. The van der Waals surface area contributed by atoms with Gasteiger partial charge in [0.05, 0.1) is 11.0 Å². The van der Waals surface area contributed by atoms with Crippen molar-refractivity contribution < 1.29 is 9.59 Å². The number of carbonyl (C=O) groups is 2. The maximum atomic E-state index is 12.4. The number of H-pyrrole nitrogens is 1. The Morgan fingerprint density at radius 1 is 0.767 bits per heavy atom. The number of aromatic nitrogens is 2. The van der Waals surface area contributed by atoms with Crippen LogP contribution in [0.25, 0.3) is 11.0 Å². The molecule has 0 atom stereocenters. The van der Waals surface area contributed by atoms with Crippen molar-refractivity contribution in [2.24, 2.45) is 0 Å². The summed E-state index contributed by atoms with van der Waals surface area (Å²) < 4.78 is 0. The van der Waals surface area contributed by atoms with Crippen molar-refractivity contribution in [3.63, 3.8) is 0 Å². The fourth-order valence-corrected chi connectivity index (χ4v) is 3.17. The summed E-state index contributed by atoms with van der Waals surface area (Å²) in [7, 11) is 0. The van der Waals surface area contributed by atoms with Gasteiger partial charge in [-0.2, -0.15) is 0 Å². The summed E-state index contributed by atoms with van der Waals surface area (Å²) in [5.41, 5.74) is 4.05. The molecule has 0 spiro atoms. The van der Waals surface area contributed by atoms with E-state index < -0.39 is 0 Å². The van der Waals surface area contributed by atoms with Gasteiger partial charge in [-0.25, -0.2) is 4.98 Å². The van der Waals surface area contributed by atoms with E-state index in [9.17, 15) is 9.59 Å². The van der Waals surface area contributed by atoms with Gasteiger partial charge in [0.2, 0.25) is 0 Å². The highest BCUT2D eigenvalue weighted by atomic mass is 16.2. The van der Waals surface area contributed by atoms with E-state index in [-0.39, 0.29) is 11.8 Å². The molecule has 0 saturated heterocycles. The normalized spacial score (nSPS) is 10.7. The van der Waals surface area contributed by atoms with E-state index in [1.807, 2.05) is 54.6 Å². The molecule has 0 radical (unpaired) electrons. The molecule has 0 aliphatic heterocycles. The third-order valence-corrected chi connectivity index (χ3v) is 4.79. The number of carbonyl (C=O) groups excluding carboxylic acids is 2. The highest BCUT2D eigenvalue weighted by Gasteiger charge is 2.08. The standard InChI is InChI=1S/C24H22N4O2/c29-23(25-15-14-22-27-20-8-4-5-9-21(20)28-22)19-12-10-17(11-13-19)16-26-24(30)18-6-2-1-3-7-18/h1-13H,14-16H2,(H,25,29)(H,26,30)(H,27,28). The van der Waals surface area contributed by atoms with E-state index in [0.717, 1.165) is 22.4 Å². The zero-order chi connectivity index (χ0) is 20.8. The van der Waals surface area contributed by atoms with E-state index >= 15 is 0 Å². The van der Waals surface area contributed by atoms with E-state index in [1.54, 1.807) is 24.3 Å². The van der Waals surface area contributed by atoms with Crippen LogP contribution in [0.1, 0.15) is 32.1 Å². The van der Waals surface area contributed by atoms with Crippen molar-refractivity contribution in [3.05, 3.63) is 101 Å². The number of benzene rings is 3. The first kappa shape index (κ1) is 19.4. The van der Waals surface area contributed by atoms with Gasteiger partial charge in [-0.1, -0.05) is 42.5 Å². The molecule has 30 heavy (non-hydrogen) atoms. The summed E-state index contributed by atoms with van der Waals surface area (Å²) in [6.45, 7) is 0.898. The van der Waals surface area contributed by atoms with Gasteiger partial charge in [-0.15, -0.1) is 0 Å². The second kappa shape index (κ2) is 9.05. The maximum Gasteiger partial charge on any atom is 0.251 e. The Morgan fingerprint density at radius 2 is 1.43 bits per heavy atom. The van der Waals surface area contributed by atoms with Crippen LogP contribution in [0, 0.1) is 0 Å². The lowest BCUT2D eigenvalue weighted by Crippen LogP contribution is -2.26. The molecule has 3 aromatic carbocycles. The predicted octanol–water partition coefficient (Wildman–Crippen LogP) is 3.47. The summed E-state index contributed by atoms with van der Waals surface area (Å²) >= 11 is 0. The van der Waals surface area contributed by atoms with E-state index in [4.69, 9.17) is 0 Å². The van der Waals surface area contributed by atoms with Crippen LogP contribution in [-0.4, -0.2) is 28.3 Å². The van der Waals surface area contributed by atoms with E-state index in [2.05, 4.69) is 20.6 Å². The van der Waals surface area contributed by atoms with Crippen LogP contribution in [0.4, 0.5) is 0 Å². The molecule has 1 aromatic heterocycles. The van der Waals surface area contributed by atoms with Crippen LogP contribution >= 0.6 is 0 Å². The molecule has 4 aromatic rings. The van der Waals surface area contributed by atoms with Gasteiger partial charge < -0.3 is 15.6 Å². The minimum Gasteiger partial charge on any atom is -0.352 e. The average Bonchev–Trinajstić information content (AvgIpc) is 3.21. The predicted molar refractivity (Wildman–Crippen MR) is 116 cm³/mol. The number of fused-ring (bicyclic) bond motifs is 1. The second-order valence-corrected chi connectivity index (χ2v) is 6.95. The lowest BCUT2D eigenvalue weighted by molar-refractivity contribution is 0.0943. The van der Waals surface area contributed by atoms with Gasteiger partial charge in [0.15, 0.2) is 0 Å². The van der Waals surface area contributed by atoms with Gasteiger partial charge in [0.1, 0.15) is 5.82 Å². The van der Waals surface area contributed by atoms with Gasteiger partial charge in [0.25, 0.3) is 11.8 Å². The largest absolute Gasteiger partial charge is 0.352 e. The fourth-order valence-electron chi connectivity index (χ4n) is 3.17. The summed E-state index contributed by atoms with van der Waals surface area (Å²) in [5.74, 6) is 0.593. The van der Waals surface area contributed by atoms with Crippen molar-refractivity contribution >= 4 is 22.8 Å². The average molecular weight is 398 g/mol. The number of rotatable bonds is 7. The Bertz CT molecular complexity index is 1120. The number of para-hydroxylation sites is 2. The third kappa shape index (κ3) is 4.72. The number of nitrogens with zero attached hydrogens (tertiary/aromatic N) is 1. The van der Waals surface area contributed by atoms with Gasteiger partial charge >= 0.3 is 0 Å². The highest BCUT2D eigenvalue weighted by Crippen LogP contribution is 2.10. The zero-order valence-corrected chi connectivity index (χ0v) is 16.4. The molecule has 0 saturated carbocycles. The van der Waals surface area contributed by atoms with Crippen LogP contribution in [0.2, 0.25) is 0 Å². The van der Waals surface area contributed by atoms with Gasteiger partial charge in [0, 0.05) is 30.6 Å². The highest BCUT2D eigenvalue weighted by molar-refractivity contribution is 5.95. The van der Waals surface area contributed by atoms with Crippen LogP contribution in [0.3, 0.4) is 0 Å². The Morgan fingerprint density at radius 3 is 2.20 bits per heavy atom. The lowest BCUT2D eigenvalue weighted by atomic mass is 10.1. The first-order valence-corrected chi connectivity index (χ1v) is 9.83. The SMILES string of the molecule is O=C(NCCc1nc2ccccc2[nH]1)c1ccc(CNC(=O)c2ccccc2)cc1. The Balaban J connectivity index is 1.26. The van der Waals surface area contributed by atoms with Crippen LogP contribution in [0.5, 0.6) is 0 Å². The topological polar surface area (TPSA) is 86.9 Å². The number of aromatic amines is 1. The number of amides is 2. The van der Waals surface area contributed by atoms with Gasteiger partial charge in [-0.05, 0) is 42.0 Å². The molecule has 0 unspecified atom stereocenters. The van der Waals surface area contributed by atoms with Crippen LogP contribution in [-0.2, 0) is 13.0 Å². The molecule has 4 rings (SSSR count). The van der Waals surface area contributed by atoms with Crippen molar-refractivity contribution in [2.75, 3.05) is 6.54 Å². The molecule has 6 heteroatoms. The summed E-state index contributed by atoms with van der Waals surface area (Å²) in [5, 5.41) is 5.79. The number of nitrogens with one attached hydrogen (secondary N) is 3. The Kier molecular flexibility index (Phi) is 5.85. The third-order valence-electron chi connectivity index (χ3n) is 4.79. The molecule has 150 valence electrons. The van der Waals surface area contributed by atoms with Crippen molar-refractivity contribution in [1.29, 1.82) is 0 Å². The monoisotopic (exact) mass is 398 g/mol. The Labute approximate surface area is 174 Å². The van der Waals surface area contributed by atoms with Gasteiger partial charge in [-0.3, -0.25) is 9.59 Å². The quantitative estimate of drug-likeness (QED) is 0.446. The maximum absolute atomic E-state index is 12.4. The smallest absolute Gasteiger partial charge is 0.251 e. The molecular formula is C24H22N4O2. The van der Waals surface area contributed by atoms with Crippen LogP contribution < -0.4 is 10.6 Å². The molecule has 0 aliphatic rings. The molecule has 0 bridgehead atoms. The van der Waals surface area contributed by atoms with Crippen molar-refractivity contribution in [1.82, 2.24) is 20.6 Å². The summed E-state index contributed by atoms with van der Waals surface area (Å²) in [6, 6.07) is 24.1. The fraction of sp³-hybridized carbons (Fsp3) is 0.125. The van der Waals surface area contributed by atoms with E-state index in [1.165, 1.54) is 0 Å². The summed E-state index contributed by atoms with van der Waals surface area (Å²) in [4.78, 5) is 32.2. The molecule has 0 aliphatic carbocycles. The van der Waals surface area contributed by atoms with E-state index in [0.29, 0.717) is 30.6 Å². The second-order valence-electron chi connectivity index (χ2n) is 6.95. The first-order chi connectivity index (χ1) is 14.7.